The van der Waals surface area contributed by atoms with Crippen molar-refractivity contribution < 1.29 is 24.3 Å². The lowest BCUT2D eigenvalue weighted by Crippen LogP contribution is -2.10. The Morgan fingerprint density at radius 1 is 1.15 bits per heavy atom. The maximum Gasteiger partial charge on any atom is 0.326 e. The topological polar surface area (TPSA) is 94.8 Å². The molecule has 0 aliphatic heterocycles. The lowest BCUT2D eigenvalue weighted by Gasteiger charge is -2.15. The molecule has 0 aromatic heterocycles. The summed E-state index contributed by atoms with van der Waals surface area (Å²) in [5.41, 5.74) is 0.633. The third-order valence-corrected chi connectivity index (χ3v) is 3.57. The van der Waals surface area contributed by atoms with Crippen LogP contribution >= 0.6 is 7.60 Å². The summed E-state index contributed by atoms with van der Waals surface area (Å²) in [5.74, 6) is -1.72. The van der Waals surface area contributed by atoms with Gasteiger partial charge in [0.2, 0.25) is 0 Å². The summed E-state index contributed by atoms with van der Waals surface area (Å²) >= 11 is 0. The molecule has 0 spiro atoms. The molecule has 1 unspecified atom stereocenters. The SMILES string of the molecule is CCCC.O=C(O)CC(CP(=O)(O)O)c1ccccc1. The molecule has 0 saturated carbocycles. The molecule has 6 heteroatoms. The molecule has 0 heterocycles. The molecule has 0 bridgehead atoms. The van der Waals surface area contributed by atoms with Crippen LogP contribution in [0.3, 0.4) is 0 Å². The van der Waals surface area contributed by atoms with Crippen LogP contribution in [0.4, 0.5) is 0 Å². The largest absolute Gasteiger partial charge is 0.481 e. The van der Waals surface area contributed by atoms with Crippen LogP contribution in [0.25, 0.3) is 0 Å². The summed E-state index contributed by atoms with van der Waals surface area (Å²) in [6.45, 7) is 4.36. The van der Waals surface area contributed by atoms with Crippen LogP contribution in [0.1, 0.15) is 44.6 Å². The van der Waals surface area contributed by atoms with Gasteiger partial charge in [-0.1, -0.05) is 57.0 Å². The molecule has 20 heavy (non-hydrogen) atoms. The highest BCUT2D eigenvalue weighted by atomic mass is 31.2. The Labute approximate surface area is 119 Å². The highest BCUT2D eigenvalue weighted by Gasteiger charge is 2.24. The highest BCUT2D eigenvalue weighted by Crippen LogP contribution is 2.41. The van der Waals surface area contributed by atoms with Gasteiger partial charge in [0.25, 0.3) is 0 Å². The van der Waals surface area contributed by atoms with Gasteiger partial charge in [0.1, 0.15) is 0 Å². The number of hydrogen-bond donors (Lipinski definition) is 3. The minimum absolute atomic E-state index is 0.283. The molecular formula is C14H23O5P. The molecular weight excluding hydrogens is 279 g/mol. The zero-order valence-electron chi connectivity index (χ0n) is 11.9. The molecule has 1 atom stereocenters. The maximum atomic E-state index is 10.9. The van der Waals surface area contributed by atoms with Crippen LogP contribution in [0.2, 0.25) is 0 Å². The molecule has 1 aromatic carbocycles. The Morgan fingerprint density at radius 3 is 2.00 bits per heavy atom. The third kappa shape index (κ3) is 9.73. The fourth-order valence-electron chi connectivity index (χ4n) is 1.51. The van der Waals surface area contributed by atoms with E-state index in [9.17, 15) is 9.36 Å². The molecule has 0 aliphatic rings. The highest BCUT2D eigenvalue weighted by molar-refractivity contribution is 7.51. The number of carboxylic acid groups (broad SMARTS) is 1. The lowest BCUT2D eigenvalue weighted by atomic mass is 9.98. The fourth-order valence-corrected chi connectivity index (χ4v) is 2.42. The van der Waals surface area contributed by atoms with E-state index in [2.05, 4.69) is 13.8 Å². The van der Waals surface area contributed by atoms with E-state index in [1.165, 1.54) is 12.8 Å². The minimum atomic E-state index is -4.21. The van der Waals surface area contributed by atoms with Gasteiger partial charge in [-0.25, -0.2) is 0 Å². The van der Waals surface area contributed by atoms with Crippen molar-refractivity contribution in [1.82, 2.24) is 0 Å². The van der Waals surface area contributed by atoms with Gasteiger partial charge in [-0.05, 0) is 5.56 Å². The monoisotopic (exact) mass is 302 g/mol. The van der Waals surface area contributed by atoms with Crippen LogP contribution in [-0.4, -0.2) is 27.0 Å². The molecule has 0 saturated heterocycles. The first-order valence-electron chi connectivity index (χ1n) is 6.61. The van der Waals surface area contributed by atoms with Crippen LogP contribution < -0.4 is 0 Å². The van der Waals surface area contributed by atoms with Gasteiger partial charge in [-0.3, -0.25) is 9.36 Å². The molecule has 5 nitrogen and oxygen atoms in total. The van der Waals surface area contributed by atoms with Crippen LogP contribution in [0, 0.1) is 0 Å². The van der Waals surface area contributed by atoms with E-state index in [1.54, 1.807) is 30.3 Å². The number of unbranched alkanes of at least 4 members (excludes halogenated alkanes) is 1. The zero-order chi connectivity index (χ0) is 15.6. The van der Waals surface area contributed by atoms with Crippen molar-refractivity contribution >= 4 is 13.6 Å². The average Bonchev–Trinajstić information content (AvgIpc) is 2.37. The van der Waals surface area contributed by atoms with Gasteiger partial charge in [0, 0.05) is 5.92 Å². The first kappa shape index (κ1) is 18.8. The predicted octanol–water partition coefficient (Wildman–Crippen LogP) is 3.23. The van der Waals surface area contributed by atoms with Gasteiger partial charge in [0.05, 0.1) is 12.6 Å². The van der Waals surface area contributed by atoms with E-state index in [0.29, 0.717) is 5.56 Å². The van der Waals surface area contributed by atoms with E-state index in [-0.39, 0.29) is 6.42 Å². The van der Waals surface area contributed by atoms with Crippen LogP contribution in [0.15, 0.2) is 30.3 Å². The molecule has 114 valence electrons. The summed E-state index contributed by atoms with van der Waals surface area (Å²) in [5, 5.41) is 8.69. The Balaban J connectivity index is 0.000000796. The lowest BCUT2D eigenvalue weighted by molar-refractivity contribution is -0.137. The molecule has 1 rings (SSSR count). The molecule has 0 amide bonds. The van der Waals surface area contributed by atoms with Gasteiger partial charge in [0.15, 0.2) is 0 Å². The zero-order valence-corrected chi connectivity index (χ0v) is 12.8. The van der Waals surface area contributed by atoms with Gasteiger partial charge >= 0.3 is 13.6 Å². The summed E-state index contributed by atoms with van der Waals surface area (Å²) in [4.78, 5) is 28.4. The molecule has 3 N–H and O–H groups in total. The van der Waals surface area contributed by atoms with Crippen molar-refractivity contribution in [1.29, 1.82) is 0 Å². The second-order valence-corrected chi connectivity index (χ2v) is 6.25. The van der Waals surface area contributed by atoms with E-state index in [4.69, 9.17) is 14.9 Å². The van der Waals surface area contributed by atoms with Gasteiger partial charge in [-0.2, -0.15) is 0 Å². The standard InChI is InChI=1S/C10H13O5P.C4H10/c11-10(12)6-9(7-16(13,14)15)8-4-2-1-3-5-8;1-3-4-2/h1-5,9H,6-7H2,(H,11,12)(H2,13,14,15);3-4H2,1-2H3. The second-order valence-electron chi connectivity index (χ2n) is 4.55. The minimum Gasteiger partial charge on any atom is -0.481 e. The van der Waals surface area contributed by atoms with E-state index in [0.717, 1.165) is 0 Å². The van der Waals surface area contributed by atoms with Crippen molar-refractivity contribution in [3.63, 3.8) is 0 Å². The normalized spacial score (nSPS) is 12.2. The second kappa shape index (κ2) is 9.70. The van der Waals surface area contributed by atoms with Crippen LogP contribution in [-0.2, 0) is 9.36 Å². The first-order valence-corrected chi connectivity index (χ1v) is 8.41. The number of aliphatic carboxylic acids is 1. The quantitative estimate of drug-likeness (QED) is 0.701. The van der Waals surface area contributed by atoms with E-state index in [1.807, 2.05) is 0 Å². The molecule has 0 aliphatic carbocycles. The number of carbonyl (C=O) groups is 1. The summed E-state index contributed by atoms with van der Waals surface area (Å²) < 4.78 is 10.9. The van der Waals surface area contributed by atoms with Crippen molar-refractivity contribution in [2.75, 3.05) is 6.16 Å². The number of carboxylic acids is 1. The third-order valence-electron chi connectivity index (χ3n) is 2.65. The van der Waals surface area contributed by atoms with Crippen molar-refractivity contribution in [2.24, 2.45) is 0 Å². The number of hydrogen-bond acceptors (Lipinski definition) is 2. The summed E-state index contributed by atoms with van der Waals surface area (Å²) in [7, 11) is -4.21. The number of rotatable bonds is 6. The predicted molar refractivity (Wildman–Crippen MR) is 78.9 cm³/mol. The van der Waals surface area contributed by atoms with Crippen molar-refractivity contribution in [2.45, 2.75) is 39.0 Å². The van der Waals surface area contributed by atoms with Crippen molar-refractivity contribution in [3.05, 3.63) is 35.9 Å². The van der Waals surface area contributed by atoms with Gasteiger partial charge in [-0.15, -0.1) is 0 Å². The fraction of sp³-hybridized carbons (Fsp3) is 0.500. The molecule has 1 aromatic rings. The average molecular weight is 302 g/mol. The van der Waals surface area contributed by atoms with Crippen LogP contribution in [0.5, 0.6) is 0 Å². The van der Waals surface area contributed by atoms with Crippen molar-refractivity contribution in [3.8, 4) is 0 Å². The Hall–Kier alpha value is -1.16. The Kier molecular flexibility index (Phi) is 9.14. The summed E-state index contributed by atoms with van der Waals surface area (Å²) in [6, 6.07) is 8.53. The van der Waals surface area contributed by atoms with E-state index < -0.39 is 25.6 Å². The smallest absolute Gasteiger partial charge is 0.326 e. The van der Waals surface area contributed by atoms with Gasteiger partial charge < -0.3 is 14.9 Å². The Bertz CT molecular complexity index is 424. The molecule has 0 radical (unpaired) electrons. The molecule has 0 fully saturated rings. The number of benzene rings is 1. The van der Waals surface area contributed by atoms with E-state index >= 15 is 0 Å². The maximum absolute atomic E-state index is 10.9. The summed E-state index contributed by atoms with van der Waals surface area (Å²) in [6.07, 6.45) is 1.92. The first-order chi connectivity index (χ1) is 9.30. The Morgan fingerprint density at radius 2 is 1.65 bits per heavy atom.